The van der Waals surface area contributed by atoms with Gasteiger partial charge in [-0.1, -0.05) is 56.3 Å². The molecule has 0 aromatic heterocycles. The summed E-state index contributed by atoms with van der Waals surface area (Å²) < 4.78 is 11.1. The Hall–Kier alpha value is -2.37. The highest BCUT2D eigenvalue weighted by Crippen LogP contribution is 2.32. The Morgan fingerprint density at radius 3 is 2.19 bits per heavy atom. The van der Waals surface area contributed by atoms with Crippen LogP contribution in [0.3, 0.4) is 0 Å². The van der Waals surface area contributed by atoms with E-state index in [0.29, 0.717) is 11.8 Å². The highest BCUT2D eigenvalue weighted by atomic mass is 16.6. The van der Waals surface area contributed by atoms with Gasteiger partial charge < -0.3 is 14.3 Å². The number of ether oxygens (including phenoxy) is 2. The van der Waals surface area contributed by atoms with Crippen molar-refractivity contribution in [3.8, 4) is 0 Å². The molecule has 0 radical (unpaired) electrons. The van der Waals surface area contributed by atoms with E-state index in [-0.39, 0.29) is 30.0 Å². The largest absolute Gasteiger partial charge is 0.483 e. The summed E-state index contributed by atoms with van der Waals surface area (Å²) in [4.78, 5) is 15.2. The topological polar surface area (TPSA) is 64.8 Å². The molecule has 0 N–H and O–H groups in total. The minimum atomic E-state index is -0.248. The SMILES string of the molecule is COC1=N[C@H]([C@H](C)C2=NOC(c3ccccc3)C2)C(OC)=N[C@H]1C(C)C. The highest BCUT2D eigenvalue weighted by molar-refractivity contribution is 5.99. The third-order valence-electron chi connectivity index (χ3n) is 4.95. The molecule has 6 heteroatoms. The number of aliphatic imine (C=N–C) groups is 2. The maximum atomic E-state index is 5.67. The molecule has 0 spiro atoms. The summed E-state index contributed by atoms with van der Waals surface area (Å²) >= 11 is 0. The van der Waals surface area contributed by atoms with Crippen molar-refractivity contribution >= 4 is 17.5 Å². The van der Waals surface area contributed by atoms with Gasteiger partial charge in [-0.05, 0) is 11.5 Å². The van der Waals surface area contributed by atoms with E-state index in [1.165, 1.54) is 0 Å². The molecule has 0 saturated carbocycles. The third-order valence-corrected chi connectivity index (χ3v) is 4.95. The predicted octanol–water partition coefficient (Wildman–Crippen LogP) is 3.64. The molecule has 0 fully saturated rings. The van der Waals surface area contributed by atoms with Crippen molar-refractivity contribution in [1.82, 2.24) is 0 Å². The van der Waals surface area contributed by atoms with E-state index in [2.05, 4.69) is 38.1 Å². The van der Waals surface area contributed by atoms with Crippen LogP contribution in [0.1, 0.15) is 38.9 Å². The number of oxime groups is 1. The van der Waals surface area contributed by atoms with E-state index in [9.17, 15) is 0 Å². The van der Waals surface area contributed by atoms with Crippen molar-refractivity contribution in [3.05, 3.63) is 35.9 Å². The van der Waals surface area contributed by atoms with Crippen molar-refractivity contribution in [2.75, 3.05) is 14.2 Å². The number of rotatable bonds is 4. The van der Waals surface area contributed by atoms with Gasteiger partial charge in [0.15, 0.2) is 6.10 Å². The minimum absolute atomic E-state index is 0.0145. The van der Waals surface area contributed by atoms with Crippen LogP contribution in [0.2, 0.25) is 0 Å². The first-order chi connectivity index (χ1) is 12.5. The monoisotopic (exact) mass is 357 g/mol. The Balaban J connectivity index is 1.77. The summed E-state index contributed by atoms with van der Waals surface area (Å²) in [6.45, 7) is 6.28. The average Bonchev–Trinajstić information content (AvgIpc) is 3.17. The van der Waals surface area contributed by atoms with Crippen LogP contribution < -0.4 is 0 Å². The van der Waals surface area contributed by atoms with Crippen molar-refractivity contribution in [1.29, 1.82) is 0 Å². The molecule has 1 aromatic carbocycles. The molecule has 4 atom stereocenters. The molecule has 0 saturated heterocycles. The fraction of sp³-hybridized carbons (Fsp3) is 0.550. The Bertz CT molecular complexity index is 712. The molecule has 0 bridgehead atoms. The number of hydrogen-bond acceptors (Lipinski definition) is 6. The van der Waals surface area contributed by atoms with E-state index in [4.69, 9.17) is 24.3 Å². The second kappa shape index (κ2) is 7.89. The smallest absolute Gasteiger partial charge is 0.210 e. The zero-order valence-corrected chi connectivity index (χ0v) is 16.0. The second-order valence-corrected chi connectivity index (χ2v) is 7.06. The molecule has 0 aliphatic carbocycles. The Labute approximate surface area is 155 Å². The van der Waals surface area contributed by atoms with Crippen LogP contribution in [0.15, 0.2) is 45.5 Å². The van der Waals surface area contributed by atoms with Crippen molar-refractivity contribution < 1.29 is 14.3 Å². The Morgan fingerprint density at radius 2 is 1.58 bits per heavy atom. The van der Waals surface area contributed by atoms with Crippen LogP contribution in [0.5, 0.6) is 0 Å². The van der Waals surface area contributed by atoms with Gasteiger partial charge in [0.1, 0.15) is 12.1 Å². The molecule has 2 heterocycles. The van der Waals surface area contributed by atoms with E-state index in [1.807, 2.05) is 18.2 Å². The molecule has 1 unspecified atom stereocenters. The molecule has 2 aliphatic rings. The van der Waals surface area contributed by atoms with Gasteiger partial charge in [-0.3, -0.25) is 0 Å². The van der Waals surface area contributed by atoms with Crippen LogP contribution in [0.25, 0.3) is 0 Å². The van der Waals surface area contributed by atoms with Crippen LogP contribution in [0.4, 0.5) is 0 Å². The summed E-state index contributed by atoms with van der Waals surface area (Å²) in [5.41, 5.74) is 2.10. The first kappa shape index (κ1) is 18.4. The Kier molecular flexibility index (Phi) is 5.59. The minimum Gasteiger partial charge on any atom is -0.483 e. The van der Waals surface area contributed by atoms with Crippen LogP contribution in [-0.2, 0) is 14.3 Å². The van der Waals surface area contributed by atoms with Crippen LogP contribution in [0, 0.1) is 11.8 Å². The fourth-order valence-electron chi connectivity index (χ4n) is 3.34. The van der Waals surface area contributed by atoms with Crippen LogP contribution in [-0.4, -0.2) is 43.8 Å². The van der Waals surface area contributed by atoms with E-state index in [1.54, 1.807) is 14.2 Å². The quantitative estimate of drug-likeness (QED) is 0.826. The molecule has 6 nitrogen and oxygen atoms in total. The summed E-state index contributed by atoms with van der Waals surface area (Å²) in [5.74, 6) is 1.57. The van der Waals surface area contributed by atoms with E-state index >= 15 is 0 Å². The first-order valence-electron chi connectivity index (χ1n) is 9.06. The van der Waals surface area contributed by atoms with Gasteiger partial charge in [0.05, 0.1) is 19.9 Å². The fourth-order valence-corrected chi connectivity index (χ4v) is 3.34. The lowest BCUT2D eigenvalue weighted by Crippen LogP contribution is -2.41. The zero-order valence-electron chi connectivity index (χ0n) is 16.0. The molecule has 3 rings (SSSR count). The maximum absolute atomic E-state index is 5.67. The lowest BCUT2D eigenvalue weighted by atomic mass is 9.90. The predicted molar refractivity (Wildman–Crippen MR) is 103 cm³/mol. The lowest BCUT2D eigenvalue weighted by molar-refractivity contribution is 0.0857. The normalized spacial score (nSPS) is 26.5. The van der Waals surface area contributed by atoms with E-state index in [0.717, 1.165) is 17.7 Å². The third kappa shape index (κ3) is 3.59. The first-order valence-corrected chi connectivity index (χ1v) is 9.06. The van der Waals surface area contributed by atoms with Gasteiger partial charge in [-0.2, -0.15) is 0 Å². The summed E-state index contributed by atoms with van der Waals surface area (Å²) in [7, 11) is 3.29. The maximum Gasteiger partial charge on any atom is 0.210 e. The summed E-state index contributed by atoms with van der Waals surface area (Å²) in [6.07, 6.45) is 0.693. The highest BCUT2D eigenvalue weighted by Gasteiger charge is 2.38. The number of hydrogen-bond donors (Lipinski definition) is 0. The van der Waals surface area contributed by atoms with Crippen molar-refractivity contribution in [2.45, 2.75) is 45.4 Å². The van der Waals surface area contributed by atoms with Gasteiger partial charge in [0.2, 0.25) is 11.8 Å². The van der Waals surface area contributed by atoms with Crippen molar-refractivity contribution in [2.24, 2.45) is 27.0 Å². The molecular formula is C20H27N3O3. The summed E-state index contributed by atoms with van der Waals surface area (Å²) in [6, 6.07) is 9.78. The molecule has 1 aromatic rings. The van der Waals surface area contributed by atoms with Gasteiger partial charge in [0, 0.05) is 12.3 Å². The second-order valence-electron chi connectivity index (χ2n) is 7.06. The standard InChI is InChI=1S/C20H27N3O3/c1-12(2)17-19(24-4)22-18(20(21-17)25-5)13(3)15-11-16(26-23-15)14-9-7-6-8-10-14/h6-10,12-13,16-18H,11H2,1-5H3/t13-,16?,17+,18-/m1/s1. The molecule has 26 heavy (non-hydrogen) atoms. The Morgan fingerprint density at radius 1 is 0.962 bits per heavy atom. The van der Waals surface area contributed by atoms with E-state index < -0.39 is 0 Å². The average molecular weight is 357 g/mol. The number of methoxy groups -OCH3 is 2. The molecule has 2 aliphatic heterocycles. The number of benzene rings is 1. The zero-order chi connectivity index (χ0) is 18.7. The van der Waals surface area contributed by atoms with Crippen molar-refractivity contribution in [3.63, 3.8) is 0 Å². The van der Waals surface area contributed by atoms with Gasteiger partial charge in [-0.25, -0.2) is 9.98 Å². The van der Waals surface area contributed by atoms with Crippen LogP contribution >= 0.6 is 0 Å². The van der Waals surface area contributed by atoms with Gasteiger partial charge in [0.25, 0.3) is 0 Å². The number of nitrogens with zero attached hydrogens (tertiary/aromatic N) is 3. The lowest BCUT2D eigenvalue weighted by Gasteiger charge is -2.29. The molecular weight excluding hydrogens is 330 g/mol. The van der Waals surface area contributed by atoms with Gasteiger partial charge >= 0.3 is 0 Å². The van der Waals surface area contributed by atoms with Gasteiger partial charge in [-0.15, -0.1) is 0 Å². The molecule has 140 valence electrons. The summed E-state index contributed by atoms with van der Waals surface area (Å²) in [5, 5.41) is 4.34. The molecule has 0 amide bonds.